The van der Waals surface area contributed by atoms with Gasteiger partial charge in [-0.2, -0.15) is 0 Å². The standard InChI is InChI=1S/C19H23N7/c1-25(16-5-9-20-17(24-16)13-2-3-13)14-6-10-26(11-7-14)19-15-4-8-21-18(15)22-12-23-19/h4-5,8-9,12-14H,2-3,6-7,10-11H2,1H3,(H,21,22,23). The van der Waals surface area contributed by atoms with E-state index in [1.54, 1.807) is 6.33 Å². The van der Waals surface area contributed by atoms with E-state index < -0.39 is 0 Å². The highest BCUT2D eigenvalue weighted by atomic mass is 15.3. The van der Waals surface area contributed by atoms with E-state index in [0.29, 0.717) is 12.0 Å². The first kappa shape index (κ1) is 15.5. The average molecular weight is 349 g/mol. The molecule has 26 heavy (non-hydrogen) atoms. The van der Waals surface area contributed by atoms with E-state index >= 15 is 0 Å². The monoisotopic (exact) mass is 349 g/mol. The molecule has 1 saturated heterocycles. The molecular formula is C19H23N7. The van der Waals surface area contributed by atoms with Crippen LogP contribution in [-0.4, -0.2) is 51.1 Å². The summed E-state index contributed by atoms with van der Waals surface area (Å²) in [6, 6.07) is 4.59. The zero-order chi connectivity index (χ0) is 17.5. The van der Waals surface area contributed by atoms with Crippen LogP contribution >= 0.6 is 0 Å². The molecule has 5 rings (SSSR count). The molecule has 4 heterocycles. The number of rotatable bonds is 4. The molecule has 1 N–H and O–H groups in total. The SMILES string of the molecule is CN(c1ccnc(C2CC2)n1)C1CCN(c2ncnc3[nH]ccc23)CC1. The highest BCUT2D eigenvalue weighted by Crippen LogP contribution is 2.38. The van der Waals surface area contributed by atoms with Crippen molar-refractivity contribution in [3.8, 4) is 0 Å². The Balaban J connectivity index is 1.29. The van der Waals surface area contributed by atoms with Gasteiger partial charge in [0.2, 0.25) is 0 Å². The van der Waals surface area contributed by atoms with Gasteiger partial charge in [-0.25, -0.2) is 19.9 Å². The second kappa shape index (κ2) is 6.23. The summed E-state index contributed by atoms with van der Waals surface area (Å²) in [5.74, 6) is 3.69. The van der Waals surface area contributed by atoms with E-state index in [1.807, 2.05) is 18.5 Å². The number of fused-ring (bicyclic) bond motifs is 1. The van der Waals surface area contributed by atoms with Crippen molar-refractivity contribution in [2.24, 2.45) is 0 Å². The van der Waals surface area contributed by atoms with Crippen LogP contribution in [0.15, 0.2) is 30.9 Å². The Morgan fingerprint density at radius 1 is 1.08 bits per heavy atom. The molecule has 2 aliphatic rings. The number of nitrogens with zero attached hydrogens (tertiary/aromatic N) is 6. The molecule has 0 bridgehead atoms. The van der Waals surface area contributed by atoms with Crippen LogP contribution in [0.25, 0.3) is 11.0 Å². The molecule has 2 fully saturated rings. The Kier molecular flexibility index (Phi) is 3.72. The number of aromatic nitrogens is 5. The van der Waals surface area contributed by atoms with Gasteiger partial charge in [-0.1, -0.05) is 0 Å². The summed E-state index contributed by atoms with van der Waals surface area (Å²) in [6.45, 7) is 1.99. The number of piperidine rings is 1. The predicted octanol–water partition coefficient (Wildman–Crippen LogP) is 2.73. The molecule has 0 amide bonds. The fraction of sp³-hybridized carbons (Fsp3) is 0.474. The highest BCUT2D eigenvalue weighted by molar-refractivity contribution is 5.87. The quantitative estimate of drug-likeness (QED) is 0.781. The number of aromatic amines is 1. The normalized spacial score (nSPS) is 18.4. The van der Waals surface area contributed by atoms with Gasteiger partial charge in [-0.05, 0) is 37.8 Å². The lowest BCUT2D eigenvalue weighted by atomic mass is 10.0. The van der Waals surface area contributed by atoms with Crippen LogP contribution in [0.5, 0.6) is 0 Å². The summed E-state index contributed by atoms with van der Waals surface area (Å²) in [7, 11) is 2.16. The minimum atomic E-state index is 0.497. The van der Waals surface area contributed by atoms with Crippen LogP contribution in [0, 0.1) is 0 Å². The fourth-order valence-electron chi connectivity index (χ4n) is 3.86. The van der Waals surface area contributed by atoms with Crippen molar-refractivity contribution in [1.82, 2.24) is 24.9 Å². The predicted molar refractivity (Wildman–Crippen MR) is 102 cm³/mol. The summed E-state index contributed by atoms with van der Waals surface area (Å²) >= 11 is 0. The lowest BCUT2D eigenvalue weighted by Crippen LogP contribution is -2.44. The molecule has 0 spiro atoms. The molecule has 7 nitrogen and oxygen atoms in total. The Hall–Kier alpha value is -2.70. The number of H-pyrrole nitrogens is 1. The third-order valence-electron chi connectivity index (χ3n) is 5.61. The van der Waals surface area contributed by atoms with E-state index in [9.17, 15) is 0 Å². The Bertz CT molecular complexity index is 909. The summed E-state index contributed by atoms with van der Waals surface area (Å²) < 4.78 is 0. The molecule has 1 aliphatic carbocycles. The molecule has 0 aromatic carbocycles. The Morgan fingerprint density at radius 2 is 1.92 bits per heavy atom. The molecule has 7 heteroatoms. The molecule has 1 saturated carbocycles. The van der Waals surface area contributed by atoms with Gasteiger partial charge in [0.05, 0.1) is 5.39 Å². The van der Waals surface area contributed by atoms with Crippen LogP contribution in [0.3, 0.4) is 0 Å². The van der Waals surface area contributed by atoms with Gasteiger partial charge in [0.25, 0.3) is 0 Å². The first-order valence-corrected chi connectivity index (χ1v) is 9.38. The second-order valence-electron chi connectivity index (χ2n) is 7.31. The molecule has 1 aliphatic heterocycles. The number of nitrogens with one attached hydrogen (secondary N) is 1. The van der Waals surface area contributed by atoms with Gasteiger partial charge in [0.1, 0.15) is 29.4 Å². The molecule has 3 aromatic rings. The van der Waals surface area contributed by atoms with Gasteiger partial charge < -0.3 is 14.8 Å². The van der Waals surface area contributed by atoms with Crippen LogP contribution in [0.2, 0.25) is 0 Å². The lowest BCUT2D eigenvalue weighted by Gasteiger charge is -2.38. The van der Waals surface area contributed by atoms with Crippen molar-refractivity contribution in [2.75, 3.05) is 29.9 Å². The summed E-state index contributed by atoms with van der Waals surface area (Å²) in [6.07, 6.45) is 10.1. The summed E-state index contributed by atoms with van der Waals surface area (Å²) in [5.41, 5.74) is 0.905. The van der Waals surface area contributed by atoms with E-state index in [0.717, 1.165) is 54.4 Å². The first-order valence-electron chi connectivity index (χ1n) is 9.38. The minimum Gasteiger partial charge on any atom is -0.356 e. The number of hydrogen-bond acceptors (Lipinski definition) is 6. The minimum absolute atomic E-state index is 0.497. The third kappa shape index (κ3) is 2.77. The van der Waals surface area contributed by atoms with E-state index in [-0.39, 0.29) is 0 Å². The largest absolute Gasteiger partial charge is 0.356 e. The lowest BCUT2D eigenvalue weighted by molar-refractivity contribution is 0.478. The maximum absolute atomic E-state index is 4.80. The summed E-state index contributed by atoms with van der Waals surface area (Å²) in [4.78, 5) is 25.9. The van der Waals surface area contributed by atoms with Crippen LogP contribution in [0.1, 0.15) is 37.4 Å². The van der Waals surface area contributed by atoms with Crippen molar-refractivity contribution >= 4 is 22.7 Å². The number of anilines is 2. The van der Waals surface area contributed by atoms with Crippen LogP contribution < -0.4 is 9.80 Å². The van der Waals surface area contributed by atoms with Gasteiger partial charge >= 0.3 is 0 Å². The molecule has 0 unspecified atom stereocenters. The van der Waals surface area contributed by atoms with Crippen molar-refractivity contribution in [1.29, 1.82) is 0 Å². The highest BCUT2D eigenvalue weighted by Gasteiger charge is 2.28. The van der Waals surface area contributed by atoms with Crippen molar-refractivity contribution < 1.29 is 0 Å². The van der Waals surface area contributed by atoms with Gasteiger partial charge in [0, 0.05) is 44.5 Å². The molecule has 0 radical (unpaired) electrons. The van der Waals surface area contributed by atoms with Gasteiger partial charge in [-0.15, -0.1) is 0 Å². The Labute approximate surface area is 152 Å². The topological polar surface area (TPSA) is 73.8 Å². The zero-order valence-corrected chi connectivity index (χ0v) is 15.0. The fourth-order valence-corrected chi connectivity index (χ4v) is 3.86. The molecule has 134 valence electrons. The van der Waals surface area contributed by atoms with Crippen LogP contribution in [0.4, 0.5) is 11.6 Å². The van der Waals surface area contributed by atoms with Crippen LogP contribution in [-0.2, 0) is 0 Å². The van der Waals surface area contributed by atoms with Crippen molar-refractivity contribution in [3.63, 3.8) is 0 Å². The molecular weight excluding hydrogens is 326 g/mol. The molecule has 0 atom stereocenters. The van der Waals surface area contributed by atoms with E-state index in [1.165, 1.54) is 12.8 Å². The van der Waals surface area contributed by atoms with Gasteiger partial charge in [-0.3, -0.25) is 0 Å². The maximum atomic E-state index is 4.80. The third-order valence-corrected chi connectivity index (χ3v) is 5.61. The van der Waals surface area contributed by atoms with E-state index in [4.69, 9.17) is 4.98 Å². The van der Waals surface area contributed by atoms with Gasteiger partial charge in [0.15, 0.2) is 0 Å². The van der Waals surface area contributed by atoms with Crippen molar-refractivity contribution in [2.45, 2.75) is 37.6 Å². The van der Waals surface area contributed by atoms with E-state index in [2.05, 4.69) is 42.8 Å². The maximum Gasteiger partial charge on any atom is 0.142 e. The molecule has 3 aromatic heterocycles. The number of hydrogen-bond donors (Lipinski definition) is 1. The Morgan fingerprint density at radius 3 is 2.73 bits per heavy atom. The smallest absolute Gasteiger partial charge is 0.142 e. The second-order valence-corrected chi connectivity index (χ2v) is 7.31. The average Bonchev–Trinajstić information content (AvgIpc) is 3.44. The summed E-state index contributed by atoms with van der Waals surface area (Å²) in [5, 5.41) is 1.10. The van der Waals surface area contributed by atoms with Crippen molar-refractivity contribution in [3.05, 3.63) is 36.7 Å². The first-order chi connectivity index (χ1) is 12.8. The zero-order valence-electron chi connectivity index (χ0n) is 15.0.